The van der Waals surface area contributed by atoms with E-state index in [1.54, 1.807) is 18.2 Å². The van der Waals surface area contributed by atoms with Gasteiger partial charge in [0.25, 0.3) is 0 Å². The molecule has 4 aromatic rings. The first-order valence-corrected chi connectivity index (χ1v) is 11.4. The van der Waals surface area contributed by atoms with Crippen molar-refractivity contribution in [2.45, 2.75) is 18.4 Å². The van der Waals surface area contributed by atoms with Gasteiger partial charge in [-0.3, -0.25) is 5.10 Å². The van der Waals surface area contributed by atoms with Gasteiger partial charge in [0.2, 0.25) is 5.88 Å². The summed E-state index contributed by atoms with van der Waals surface area (Å²) in [5.41, 5.74) is -2.07. The molecule has 0 atom stereocenters. The maximum Gasteiger partial charge on any atom is 0.417 e. The molecule has 1 aliphatic heterocycles. The SMILES string of the molecule is Oc1nc(NC2CNC2)sc1C(=Cc1ccc(C(F)(F)F)cc1C(F)(F)F)c1ccc2[nH]ncc2c1. The van der Waals surface area contributed by atoms with Gasteiger partial charge < -0.3 is 15.7 Å². The summed E-state index contributed by atoms with van der Waals surface area (Å²) in [6.07, 6.45) is -7.35. The van der Waals surface area contributed by atoms with Crippen LogP contribution in [0.3, 0.4) is 0 Å². The van der Waals surface area contributed by atoms with Gasteiger partial charge in [0.1, 0.15) is 4.88 Å². The average molecular weight is 525 g/mol. The van der Waals surface area contributed by atoms with Crippen molar-refractivity contribution in [3.63, 3.8) is 0 Å². The molecule has 13 heteroatoms. The van der Waals surface area contributed by atoms with Gasteiger partial charge in [-0.05, 0) is 41.5 Å². The van der Waals surface area contributed by atoms with E-state index >= 15 is 0 Å². The summed E-state index contributed by atoms with van der Waals surface area (Å²) in [5, 5.41) is 24.6. The Morgan fingerprint density at radius 3 is 2.50 bits per heavy atom. The number of nitrogens with one attached hydrogen (secondary N) is 3. The minimum Gasteiger partial charge on any atom is -0.492 e. The van der Waals surface area contributed by atoms with Gasteiger partial charge in [-0.15, -0.1) is 0 Å². The fraction of sp³-hybridized carbons (Fsp3) is 0.217. The number of thiazole rings is 1. The number of halogens is 6. The molecule has 0 aliphatic carbocycles. The van der Waals surface area contributed by atoms with Crippen molar-refractivity contribution in [1.29, 1.82) is 0 Å². The monoisotopic (exact) mass is 525 g/mol. The number of rotatable bonds is 5. The molecule has 2 aromatic heterocycles. The number of benzene rings is 2. The fourth-order valence-corrected chi connectivity index (χ4v) is 4.74. The Morgan fingerprint density at radius 2 is 1.83 bits per heavy atom. The van der Waals surface area contributed by atoms with Crippen LogP contribution in [0.15, 0.2) is 42.6 Å². The molecule has 0 radical (unpaired) electrons. The lowest BCUT2D eigenvalue weighted by Crippen LogP contribution is -2.51. The molecule has 188 valence electrons. The minimum atomic E-state index is -5.05. The lowest BCUT2D eigenvalue weighted by molar-refractivity contribution is -0.143. The van der Waals surface area contributed by atoms with Gasteiger partial charge in [0, 0.05) is 24.0 Å². The van der Waals surface area contributed by atoms with Crippen molar-refractivity contribution in [3.05, 3.63) is 69.7 Å². The number of H-pyrrole nitrogens is 1. The topological polar surface area (TPSA) is 85.9 Å². The third-order valence-electron chi connectivity index (χ3n) is 5.70. The minimum absolute atomic E-state index is 0.0878. The molecule has 5 rings (SSSR count). The number of hydrogen-bond acceptors (Lipinski definition) is 6. The highest BCUT2D eigenvalue weighted by Crippen LogP contribution is 2.42. The second-order valence-corrected chi connectivity index (χ2v) is 9.20. The predicted octanol–water partition coefficient (Wildman–Crippen LogP) is 5.74. The normalized spacial score (nSPS) is 15.3. The van der Waals surface area contributed by atoms with Crippen molar-refractivity contribution in [1.82, 2.24) is 20.5 Å². The number of hydrogen-bond donors (Lipinski definition) is 4. The van der Waals surface area contributed by atoms with Crippen LogP contribution in [-0.4, -0.2) is 39.4 Å². The molecule has 0 bridgehead atoms. The Balaban J connectivity index is 1.68. The molecular formula is C23H17F6N5OS. The van der Waals surface area contributed by atoms with Crippen LogP contribution in [0.2, 0.25) is 0 Å². The Kier molecular flexibility index (Phi) is 5.91. The zero-order chi connectivity index (χ0) is 25.7. The predicted molar refractivity (Wildman–Crippen MR) is 124 cm³/mol. The lowest BCUT2D eigenvalue weighted by Gasteiger charge is -2.27. The second kappa shape index (κ2) is 8.82. The standard InChI is InChI=1S/C23H17F6N5OS/c24-22(25,26)14-3-1-12(17(7-14)23(27,28)29)6-16(11-2-4-18-13(5-11)8-31-34-18)19-20(35)33-21(36-19)32-15-9-30-10-15/h1-8,15,30,35H,9-10H2,(H,31,34)(H,32,33). The largest absolute Gasteiger partial charge is 0.492 e. The molecule has 3 heterocycles. The van der Waals surface area contributed by atoms with E-state index in [9.17, 15) is 31.4 Å². The maximum absolute atomic E-state index is 13.8. The van der Waals surface area contributed by atoms with Crippen molar-refractivity contribution in [3.8, 4) is 5.88 Å². The highest BCUT2D eigenvalue weighted by atomic mass is 32.1. The summed E-state index contributed by atoms with van der Waals surface area (Å²) in [6, 6.07) is 6.49. The average Bonchev–Trinajstić information content (AvgIpc) is 3.39. The molecule has 0 saturated carbocycles. The zero-order valence-electron chi connectivity index (χ0n) is 18.1. The molecule has 0 unspecified atom stereocenters. The van der Waals surface area contributed by atoms with Crippen molar-refractivity contribution in [2.24, 2.45) is 0 Å². The third kappa shape index (κ3) is 4.75. The summed E-state index contributed by atoms with van der Waals surface area (Å²) in [5.74, 6) is -0.409. The third-order valence-corrected chi connectivity index (χ3v) is 6.71. The number of anilines is 1. The summed E-state index contributed by atoms with van der Waals surface area (Å²) in [7, 11) is 0. The van der Waals surface area contributed by atoms with Gasteiger partial charge in [-0.1, -0.05) is 23.5 Å². The molecule has 0 spiro atoms. The molecule has 2 aromatic carbocycles. The summed E-state index contributed by atoms with van der Waals surface area (Å²) in [6.45, 7) is 1.38. The van der Waals surface area contributed by atoms with Crippen LogP contribution in [-0.2, 0) is 12.4 Å². The van der Waals surface area contributed by atoms with Gasteiger partial charge in [-0.2, -0.15) is 36.4 Å². The number of nitrogens with zero attached hydrogens (tertiary/aromatic N) is 2. The van der Waals surface area contributed by atoms with E-state index in [4.69, 9.17) is 0 Å². The lowest BCUT2D eigenvalue weighted by atomic mass is 9.96. The van der Waals surface area contributed by atoms with Crippen LogP contribution < -0.4 is 10.6 Å². The molecule has 6 nitrogen and oxygen atoms in total. The van der Waals surface area contributed by atoms with Gasteiger partial charge in [0.05, 0.1) is 28.9 Å². The maximum atomic E-state index is 13.8. The number of alkyl halides is 6. The van der Waals surface area contributed by atoms with E-state index < -0.39 is 34.9 Å². The highest BCUT2D eigenvalue weighted by Gasteiger charge is 2.38. The van der Waals surface area contributed by atoms with Crippen LogP contribution in [0.4, 0.5) is 31.5 Å². The molecule has 1 saturated heterocycles. The van der Waals surface area contributed by atoms with Crippen molar-refractivity contribution in [2.75, 3.05) is 18.4 Å². The first-order valence-electron chi connectivity index (χ1n) is 10.6. The summed E-state index contributed by atoms with van der Waals surface area (Å²) < 4.78 is 80.9. The first kappa shape index (κ1) is 24.1. The van der Waals surface area contributed by atoms with E-state index in [0.29, 0.717) is 40.8 Å². The van der Waals surface area contributed by atoms with Crippen molar-refractivity contribution < 1.29 is 31.4 Å². The van der Waals surface area contributed by atoms with E-state index in [0.717, 1.165) is 23.5 Å². The van der Waals surface area contributed by atoms with Crippen LogP contribution in [0.25, 0.3) is 22.6 Å². The van der Waals surface area contributed by atoms with Crippen molar-refractivity contribution >= 4 is 39.0 Å². The number of aromatic nitrogens is 3. The van der Waals surface area contributed by atoms with Crippen LogP contribution >= 0.6 is 11.3 Å². The van der Waals surface area contributed by atoms with Crippen LogP contribution in [0, 0.1) is 0 Å². The Labute approximate surface area is 203 Å². The Morgan fingerprint density at radius 1 is 1.06 bits per heavy atom. The second-order valence-electron chi connectivity index (χ2n) is 8.20. The zero-order valence-corrected chi connectivity index (χ0v) is 18.9. The number of aromatic hydroxyl groups is 1. The number of aromatic amines is 1. The molecule has 4 N–H and O–H groups in total. The first-order chi connectivity index (χ1) is 17.0. The van der Waals surface area contributed by atoms with E-state index in [-0.39, 0.29) is 22.6 Å². The van der Waals surface area contributed by atoms with Crippen LogP contribution in [0.1, 0.15) is 27.1 Å². The fourth-order valence-electron chi connectivity index (χ4n) is 3.76. The summed E-state index contributed by atoms with van der Waals surface area (Å²) in [4.78, 5) is 4.26. The number of fused-ring (bicyclic) bond motifs is 1. The highest BCUT2D eigenvalue weighted by molar-refractivity contribution is 7.17. The van der Waals surface area contributed by atoms with E-state index in [2.05, 4.69) is 25.8 Å². The smallest absolute Gasteiger partial charge is 0.417 e. The van der Waals surface area contributed by atoms with Gasteiger partial charge in [-0.25, -0.2) is 0 Å². The quantitative estimate of drug-likeness (QED) is 0.197. The van der Waals surface area contributed by atoms with E-state index in [1.165, 1.54) is 6.20 Å². The molecule has 1 aliphatic rings. The molecule has 1 fully saturated rings. The molecular weight excluding hydrogens is 508 g/mol. The van der Waals surface area contributed by atoms with E-state index in [1.807, 2.05) is 0 Å². The van der Waals surface area contributed by atoms with Crippen LogP contribution in [0.5, 0.6) is 5.88 Å². The Hall–Kier alpha value is -3.58. The molecule has 0 amide bonds. The summed E-state index contributed by atoms with van der Waals surface area (Å²) >= 11 is 1.03. The Bertz CT molecular complexity index is 1450. The molecule has 36 heavy (non-hydrogen) atoms. The van der Waals surface area contributed by atoms with Gasteiger partial charge in [0.15, 0.2) is 5.13 Å². The van der Waals surface area contributed by atoms with Gasteiger partial charge >= 0.3 is 12.4 Å².